The average molecular weight is 665 g/mol. The van der Waals surface area contributed by atoms with E-state index in [1.165, 1.54) is 28.8 Å². The highest BCUT2D eigenvalue weighted by molar-refractivity contribution is 6.33. The summed E-state index contributed by atoms with van der Waals surface area (Å²) >= 11 is 6.60. The van der Waals surface area contributed by atoms with Crippen LogP contribution in [0.5, 0.6) is 5.75 Å². The first-order valence-electron chi connectivity index (χ1n) is 14.0. The third kappa shape index (κ3) is 6.49. The fraction of sp³-hybridized carbons (Fsp3) is 0.483. The number of carboxylic acid groups (broad SMARTS) is 1. The van der Waals surface area contributed by atoms with Crippen LogP contribution in [0.25, 0.3) is 11.0 Å². The summed E-state index contributed by atoms with van der Waals surface area (Å²) in [5.74, 6) is -5.66. The van der Waals surface area contributed by atoms with Crippen molar-refractivity contribution in [2.24, 2.45) is 12.5 Å². The molecule has 2 aliphatic rings. The first-order chi connectivity index (χ1) is 21.0. The summed E-state index contributed by atoms with van der Waals surface area (Å²) in [4.78, 5) is 30.5. The molecule has 0 radical (unpaired) electrons. The molecule has 45 heavy (non-hydrogen) atoms. The van der Waals surface area contributed by atoms with Crippen LogP contribution in [-0.4, -0.2) is 57.7 Å². The van der Waals surface area contributed by atoms with E-state index >= 15 is 0 Å². The second kappa shape index (κ2) is 11.9. The Bertz CT molecular complexity index is 1610. The number of benzene rings is 2. The number of carboxylic acids is 1. The number of aromatic carboxylic acids is 1. The topological polar surface area (TPSA) is 96.7 Å². The number of anilines is 2. The van der Waals surface area contributed by atoms with E-state index in [0.717, 1.165) is 6.07 Å². The molecule has 1 aromatic heterocycles. The molecule has 0 atom stereocenters. The van der Waals surface area contributed by atoms with Crippen molar-refractivity contribution >= 4 is 46.1 Å². The maximum atomic E-state index is 14.2. The van der Waals surface area contributed by atoms with Gasteiger partial charge in [0.15, 0.2) is 0 Å². The Kier molecular flexibility index (Phi) is 8.62. The van der Waals surface area contributed by atoms with Gasteiger partial charge >= 0.3 is 12.1 Å². The van der Waals surface area contributed by atoms with Crippen molar-refractivity contribution in [3.8, 4) is 5.75 Å². The molecule has 1 amide bonds. The number of fused-ring (bicyclic) bond motifs is 1. The molecule has 2 aromatic carbocycles. The molecule has 2 N–H and O–H groups in total. The number of ether oxygens (including phenoxy) is 1. The normalized spacial score (nSPS) is 17.8. The molecule has 1 heterocycles. The van der Waals surface area contributed by atoms with Crippen LogP contribution < -0.4 is 15.0 Å². The largest absolute Gasteiger partial charge is 0.487 e. The van der Waals surface area contributed by atoms with Crippen molar-refractivity contribution < 1.29 is 50.2 Å². The van der Waals surface area contributed by atoms with Gasteiger partial charge in [-0.2, -0.15) is 13.2 Å². The molecule has 2 saturated carbocycles. The molecular formula is C29H28ClF7N4O4. The van der Waals surface area contributed by atoms with Crippen molar-refractivity contribution in [3.05, 3.63) is 46.5 Å². The minimum absolute atomic E-state index is 0.00469. The highest BCUT2D eigenvalue weighted by atomic mass is 35.5. The molecule has 0 bridgehead atoms. The molecule has 0 aliphatic heterocycles. The van der Waals surface area contributed by atoms with Crippen LogP contribution in [0.4, 0.5) is 42.4 Å². The van der Waals surface area contributed by atoms with Gasteiger partial charge in [-0.15, -0.1) is 0 Å². The van der Waals surface area contributed by atoms with Gasteiger partial charge in [-0.05, 0) is 49.4 Å². The number of carbonyl (C=O) groups is 2. The van der Waals surface area contributed by atoms with Gasteiger partial charge in [-0.25, -0.2) is 27.3 Å². The number of rotatable bonds is 10. The predicted molar refractivity (Wildman–Crippen MR) is 150 cm³/mol. The average Bonchev–Trinajstić information content (AvgIpc) is 3.73. The summed E-state index contributed by atoms with van der Waals surface area (Å²) in [6.45, 7) is -1.32. The Morgan fingerprint density at radius 1 is 1.16 bits per heavy atom. The highest BCUT2D eigenvalue weighted by Crippen LogP contribution is 2.57. The second-order valence-corrected chi connectivity index (χ2v) is 11.7. The molecule has 5 rings (SSSR count). The minimum Gasteiger partial charge on any atom is -0.487 e. The number of carbonyl (C=O) groups excluding carboxylic acids is 1. The van der Waals surface area contributed by atoms with Gasteiger partial charge in [0.05, 0.1) is 21.7 Å². The van der Waals surface area contributed by atoms with Gasteiger partial charge in [-0.1, -0.05) is 17.7 Å². The number of halogens is 8. The van der Waals surface area contributed by atoms with Crippen LogP contribution in [0.1, 0.15) is 54.4 Å². The Hall–Kier alpha value is -3.75. The monoisotopic (exact) mass is 664 g/mol. The van der Waals surface area contributed by atoms with Gasteiger partial charge in [0, 0.05) is 38.5 Å². The van der Waals surface area contributed by atoms with Crippen LogP contribution in [0, 0.1) is 5.41 Å². The lowest BCUT2D eigenvalue weighted by Crippen LogP contribution is -2.41. The number of aryl methyl sites for hydroxylation is 1. The molecule has 2 fully saturated rings. The number of hydrogen-bond acceptors (Lipinski definition) is 5. The first-order valence-corrected chi connectivity index (χ1v) is 14.4. The Morgan fingerprint density at radius 3 is 2.40 bits per heavy atom. The number of amides is 1. The van der Waals surface area contributed by atoms with E-state index < -0.39 is 66.9 Å². The summed E-state index contributed by atoms with van der Waals surface area (Å²) in [6, 6.07) is 6.29. The van der Waals surface area contributed by atoms with E-state index in [4.69, 9.17) is 16.3 Å². The number of alkyl halides is 7. The maximum Gasteiger partial charge on any atom is 0.403 e. The van der Waals surface area contributed by atoms with Gasteiger partial charge < -0.3 is 24.6 Å². The van der Waals surface area contributed by atoms with Crippen LogP contribution in [0.15, 0.2) is 30.3 Å². The molecular weight excluding hydrogens is 637 g/mol. The van der Waals surface area contributed by atoms with Crippen LogP contribution in [-0.2, 0) is 18.4 Å². The minimum atomic E-state index is -4.69. The zero-order chi connectivity index (χ0) is 32.9. The zero-order valence-electron chi connectivity index (χ0n) is 23.7. The van der Waals surface area contributed by atoms with Gasteiger partial charge in [0.1, 0.15) is 23.3 Å². The summed E-state index contributed by atoms with van der Waals surface area (Å²) in [6.07, 6.45) is -9.05. The maximum absolute atomic E-state index is 14.2. The van der Waals surface area contributed by atoms with Crippen LogP contribution in [0.2, 0.25) is 5.02 Å². The van der Waals surface area contributed by atoms with Gasteiger partial charge in [0.25, 0.3) is 6.43 Å². The molecule has 244 valence electrons. The molecule has 16 heteroatoms. The van der Waals surface area contributed by atoms with Crippen molar-refractivity contribution in [3.63, 3.8) is 0 Å². The van der Waals surface area contributed by atoms with Crippen molar-refractivity contribution in [1.82, 2.24) is 14.9 Å². The van der Waals surface area contributed by atoms with Gasteiger partial charge in [-0.3, -0.25) is 4.79 Å². The standard InChI is InChI=1S/C29H28ClF7N4O4/c1-40-21-12-22(45-14-23(31)32)17(24(42)43)11-19(21)39-26(40)41(16-4-6-28(33,34)7-5-16)20-10-15(2-3-18(20)30)13-38-25(44)27(8-9-27)29(35,36)37/h2-3,10-12,16,23H,4-9,13-14H2,1H3,(H,38,44)(H,42,43). The molecule has 8 nitrogen and oxygen atoms in total. The summed E-state index contributed by atoms with van der Waals surface area (Å²) in [5.41, 5.74) is -1.77. The lowest BCUT2D eigenvalue weighted by atomic mass is 9.91. The fourth-order valence-corrected chi connectivity index (χ4v) is 5.79. The summed E-state index contributed by atoms with van der Waals surface area (Å²) in [7, 11) is 1.55. The fourth-order valence-electron chi connectivity index (χ4n) is 5.58. The lowest BCUT2D eigenvalue weighted by molar-refractivity contribution is -0.192. The van der Waals surface area contributed by atoms with E-state index in [2.05, 4.69) is 10.3 Å². The highest BCUT2D eigenvalue weighted by Gasteiger charge is 2.68. The van der Waals surface area contributed by atoms with E-state index in [1.54, 1.807) is 11.9 Å². The Morgan fingerprint density at radius 2 is 1.82 bits per heavy atom. The van der Waals surface area contributed by atoms with E-state index in [-0.39, 0.29) is 65.7 Å². The Balaban J connectivity index is 1.55. The van der Waals surface area contributed by atoms with Crippen LogP contribution >= 0.6 is 11.6 Å². The zero-order valence-corrected chi connectivity index (χ0v) is 24.5. The first kappa shape index (κ1) is 32.6. The van der Waals surface area contributed by atoms with E-state index in [1.807, 2.05) is 0 Å². The van der Waals surface area contributed by atoms with Gasteiger partial charge in [0.2, 0.25) is 17.8 Å². The lowest BCUT2D eigenvalue weighted by Gasteiger charge is -2.38. The summed E-state index contributed by atoms with van der Waals surface area (Å²) in [5, 5.41) is 12.2. The quantitative estimate of drug-likeness (QED) is 0.222. The third-order valence-corrected chi connectivity index (χ3v) is 8.59. The number of nitrogens with one attached hydrogen (secondary N) is 1. The second-order valence-electron chi connectivity index (χ2n) is 11.3. The molecule has 3 aromatic rings. The number of nitrogens with zero attached hydrogens (tertiary/aromatic N) is 3. The van der Waals surface area contributed by atoms with Crippen LogP contribution in [0.3, 0.4) is 0 Å². The SMILES string of the molecule is Cn1c(N(c2cc(CNC(=O)C3(C(F)(F)F)CC3)ccc2Cl)C2CCC(F)(F)CC2)nc2cc(C(=O)O)c(OCC(F)F)cc21. The third-order valence-electron chi connectivity index (χ3n) is 8.27. The van der Waals surface area contributed by atoms with E-state index in [0.29, 0.717) is 5.56 Å². The number of imidazole rings is 1. The molecule has 0 unspecified atom stereocenters. The Labute approximate surface area is 257 Å². The number of aromatic nitrogens is 2. The summed E-state index contributed by atoms with van der Waals surface area (Å²) < 4.78 is 101. The van der Waals surface area contributed by atoms with E-state index in [9.17, 15) is 45.4 Å². The molecule has 2 aliphatic carbocycles. The van der Waals surface area contributed by atoms with Crippen molar-refractivity contribution in [2.75, 3.05) is 11.5 Å². The number of hydrogen-bond donors (Lipinski definition) is 2. The van der Waals surface area contributed by atoms with Crippen molar-refractivity contribution in [2.45, 2.75) is 69.6 Å². The predicted octanol–water partition coefficient (Wildman–Crippen LogP) is 7.24. The van der Waals surface area contributed by atoms with Crippen molar-refractivity contribution in [1.29, 1.82) is 0 Å². The molecule has 0 saturated heterocycles. The smallest absolute Gasteiger partial charge is 0.403 e. The molecule has 0 spiro atoms.